The van der Waals surface area contributed by atoms with E-state index >= 15 is 0 Å². The third-order valence-corrected chi connectivity index (χ3v) is 2.86. The molecule has 0 rings (SSSR count). The van der Waals surface area contributed by atoms with E-state index in [1.54, 1.807) is 0 Å². The van der Waals surface area contributed by atoms with Crippen LogP contribution in [0.3, 0.4) is 0 Å². The van der Waals surface area contributed by atoms with E-state index < -0.39 is 48.9 Å². The summed E-state index contributed by atoms with van der Waals surface area (Å²) in [7, 11) is 6.65. The Hall–Kier alpha value is -2.04. The molecule has 0 amide bonds. The van der Waals surface area contributed by atoms with Gasteiger partial charge in [-0.3, -0.25) is 14.4 Å². The molecule has 0 saturated carbocycles. The number of methoxy groups -OCH3 is 1. The Morgan fingerprint density at radius 3 is 2.04 bits per heavy atom. The van der Waals surface area contributed by atoms with Gasteiger partial charge in [-0.05, 0) is 0 Å². The third kappa shape index (κ3) is 8.56. The number of aliphatic hydroxyl groups is 1. The number of carbonyl (C=O) groups is 4. The standard InChI is InChI=1S/C14H25N2O8/c1-16(2,3)5-6-23-10(17)7-14(21,13(20)22-4)8-11(18)24-12(19)9-15/h21H,5-9,15H2,1-4H3/q+1. The molecule has 0 heterocycles. The van der Waals surface area contributed by atoms with E-state index in [0.717, 1.165) is 7.11 Å². The van der Waals surface area contributed by atoms with Crippen LogP contribution in [-0.2, 0) is 33.4 Å². The predicted molar refractivity (Wildman–Crippen MR) is 80.2 cm³/mol. The van der Waals surface area contributed by atoms with Crippen molar-refractivity contribution >= 4 is 23.9 Å². The summed E-state index contributed by atoms with van der Waals surface area (Å²) in [6.45, 7) is 0.0284. The molecule has 0 aliphatic carbocycles. The Labute approximate surface area is 140 Å². The first-order valence-electron chi connectivity index (χ1n) is 7.14. The van der Waals surface area contributed by atoms with Gasteiger partial charge in [-0.2, -0.15) is 0 Å². The van der Waals surface area contributed by atoms with Gasteiger partial charge in [-0.15, -0.1) is 0 Å². The molecule has 1 atom stereocenters. The first-order chi connectivity index (χ1) is 10.9. The summed E-state index contributed by atoms with van der Waals surface area (Å²) >= 11 is 0. The van der Waals surface area contributed by atoms with Gasteiger partial charge in [0.25, 0.3) is 0 Å². The third-order valence-electron chi connectivity index (χ3n) is 2.86. The van der Waals surface area contributed by atoms with Crippen LogP contribution in [0.2, 0.25) is 0 Å². The van der Waals surface area contributed by atoms with E-state index in [1.807, 2.05) is 21.1 Å². The van der Waals surface area contributed by atoms with Gasteiger partial charge in [-0.25, -0.2) is 4.79 Å². The average molecular weight is 349 g/mol. The summed E-state index contributed by atoms with van der Waals surface area (Å²) in [5.41, 5.74) is 2.49. The SMILES string of the molecule is COC(=O)C(O)(CC(=O)OCC[N+](C)(C)C)CC(=O)OC(=O)CN. The first kappa shape index (κ1) is 22.0. The van der Waals surface area contributed by atoms with Crippen LogP contribution in [0, 0.1) is 0 Å². The highest BCUT2D eigenvalue weighted by atomic mass is 16.6. The number of rotatable bonds is 9. The van der Waals surface area contributed by atoms with Crippen LogP contribution in [0.4, 0.5) is 0 Å². The lowest BCUT2D eigenvalue weighted by molar-refractivity contribution is -0.870. The molecule has 10 heteroatoms. The molecule has 0 aromatic rings. The number of hydrogen-bond donors (Lipinski definition) is 2. The summed E-state index contributed by atoms with van der Waals surface area (Å²) in [5.74, 6) is -4.35. The van der Waals surface area contributed by atoms with Gasteiger partial charge in [-0.1, -0.05) is 0 Å². The smallest absolute Gasteiger partial charge is 0.339 e. The van der Waals surface area contributed by atoms with Gasteiger partial charge in [0.15, 0.2) is 5.60 Å². The quantitative estimate of drug-likeness (QED) is 0.208. The monoisotopic (exact) mass is 349 g/mol. The Morgan fingerprint density at radius 1 is 1.04 bits per heavy atom. The van der Waals surface area contributed by atoms with Crippen LogP contribution in [0.1, 0.15) is 12.8 Å². The fraction of sp³-hybridized carbons (Fsp3) is 0.714. The number of nitrogens with zero attached hydrogens (tertiary/aromatic N) is 1. The summed E-state index contributed by atoms with van der Waals surface area (Å²) in [6, 6.07) is 0. The zero-order valence-corrected chi connectivity index (χ0v) is 14.4. The maximum atomic E-state index is 11.8. The summed E-state index contributed by atoms with van der Waals surface area (Å²) in [6.07, 6.45) is -1.77. The van der Waals surface area contributed by atoms with Gasteiger partial charge in [0.05, 0.1) is 47.6 Å². The van der Waals surface area contributed by atoms with Crippen LogP contribution < -0.4 is 5.73 Å². The molecule has 1 unspecified atom stereocenters. The average Bonchev–Trinajstić information content (AvgIpc) is 2.44. The number of hydrogen-bond acceptors (Lipinski definition) is 9. The van der Waals surface area contributed by atoms with Gasteiger partial charge >= 0.3 is 23.9 Å². The van der Waals surface area contributed by atoms with Crippen LogP contribution in [-0.4, -0.2) is 87.0 Å². The Kier molecular flexibility index (Phi) is 8.51. The van der Waals surface area contributed by atoms with E-state index in [1.165, 1.54) is 0 Å². The molecule has 0 aromatic carbocycles. The number of nitrogens with two attached hydrogens (primary N) is 1. The highest BCUT2D eigenvalue weighted by Crippen LogP contribution is 2.19. The molecular formula is C14H25N2O8+. The Bertz CT molecular complexity index is 486. The van der Waals surface area contributed by atoms with Crippen molar-refractivity contribution in [2.45, 2.75) is 18.4 Å². The van der Waals surface area contributed by atoms with Crippen LogP contribution in [0.15, 0.2) is 0 Å². The van der Waals surface area contributed by atoms with Gasteiger partial charge in [0.2, 0.25) is 0 Å². The van der Waals surface area contributed by atoms with Crippen molar-refractivity contribution in [3.05, 3.63) is 0 Å². The van der Waals surface area contributed by atoms with E-state index in [9.17, 15) is 24.3 Å². The summed E-state index contributed by atoms with van der Waals surface area (Å²) in [4.78, 5) is 46.0. The number of carbonyl (C=O) groups excluding carboxylic acids is 4. The van der Waals surface area contributed by atoms with Gasteiger partial charge < -0.3 is 29.5 Å². The normalized spacial score (nSPS) is 13.6. The minimum absolute atomic E-state index is 0.0652. The van der Waals surface area contributed by atoms with E-state index in [0.29, 0.717) is 11.0 Å². The molecule has 24 heavy (non-hydrogen) atoms. The minimum atomic E-state index is -2.49. The molecule has 0 fully saturated rings. The molecule has 138 valence electrons. The molecular weight excluding hydrogens is 324 g/mol. The molecule has 0 aromatic heterocycles. The van der Waals surface area contributed by atoms with Crippen molar-refractivity contribution in [3.63, 3.8) is 0 Å². The molecule has 0 aliphatic heterocycles. The second kappa shape index (κ2) is 9.30. The molecule has 0 radical (unpaired) electrons. The molecule has 10 nitrogen and oxygen atoms in total. The molecule has 0 spiro atoms. The zero-order valence-electron chi connectivity index (χ0n) is 14.4. The second-order valence-corrected chi connectivity index (χ2v) is 6.16. The fourth-order valence-electron chi connectivity index (χ4n) is 1.56. The largest absolute Gasteiger partial charge is 0.467 e. The van der Waals surface area contributed by atoms with E-state index in [2.05, 4.69) is 9.47 Å². The zero-order chi connectivity index (χ0) is 19.0. The van der Waals surface area contributed by atoms with Crippen molar-refractivity contribution in [2.24, 2.45) is 5.73 Å². The van der Waals surface area contributed by atoms with Gasteiger partial charge in [0.1, 0.15) is 13.2 Å². The van der Waals surface area contributed by atoms with Crippen molar-refractivity contribution in [2.75, 3.05) is 47.9 Å². The summed E-state index contributed by atoms with van der Waals surface area (Å²) < 4.78 is 14.1. The lowest BCUT2D eigenvalue weighted by Crippen LogP contribution is -2.45. The number of quaternary nitrogens is 1. The molecule has 0 saturated heterocycles. The van der Waals surface area contributed by atoms with Crippen molar-refractivity contribution in [1.82, 2.24) is 0 Å². The van der Waals surface area contributed by atoms with Crippen LogP contribution in [0.5, 0.6) is 0 Å². The maximum Gasteiger partial charge on any atom is 0.339 e. The number of likely N-dealkylation sites (N-methyl/N-ethyl adjacent to an activating group) is 1. The molecule has 0 aliphatic rings. The predicted octanol–water partition coefficient (Wildman–Crippen LogP) is -2.05. The lowest BCUT2D eigenvalue weighted by atomic mass is 9.95. The fourth-order valence-corrected chi connectivity index (χ4v) is 1.56. The summed E-state index contributed by atoms with van der Waals surface area (Å²) in [5, 5.41) is 10.2. The molecule has 0 bridgehead atoms. The minimum Gasteiger partial charge on any atom is -0.467 e. The first-order valence-corrected chi connectivity index (χ1v) is 7.14. The van der Waals surface area contributed by atoms with Crippen molar-refractivity contribution < 1.29 is 43.0 Å². The van der Waals surface area contributed by atoms with E-state index in [4.69, 9.17) is 10.5 Å². The van der Waals surface area contributed by atoms with E-state index in [-0.39, 0.29) is 6.61 Å². The van der Waals surface area contributed by atoms with Crippen molar-refractivity contribution in [1.29, 1.82) is 0 Å². The topological polar surface area (TPSA) is 142 Å². The van der Waals surface area contributed by atoms with Crippen LogP contribution >= 0.6 is 0 Å². The van der Waals surface area contributed by atoms with Crippen molar-refractivity contribution in [3.8, 4) is 0 Å². The lowest BCUT2D eigenvalue weighted by Gasteiger charge is -2.25. The number of ether oxygens (including phenoxy) is 3. The highest BCUT2D eigenvalue weighted by Gasteiger charge is 2.43. The van der Waals surface area contributed by atoms with Gasteiger partial charge in [0, 0.05) is 0 Å². The molecule has 3 N–H and O–H groups in total. The Morgan fingerprint density at radius 2 is 1.58 bits per heavy atom. The highest BCUT2D eigenvalue weighted by molar-refractivity contribution is 5.93. The maximum absolute atomic E-state index is 11.8. The Balaban J connectivity index is 4.80. The van der Waals surface area contributed by atoms with Crippen LogP contribution in [0.25, 0.3) is 0 Å². The second-order valence-electron chi connectivity index (χ2n) is 6.16. The number of esters is 4.